The van der Waals surface area contributed by atoms with Crippen LogP contribution < -0.4 is 0 Å². The van der Waals surface area contributed by atoms with E-state index in [0.717, 1.165) is 17.6 Å². The smallest absolute Gasteiger partial charge is 0.160 e. The summed E-state index contributed by atoms with van der Waals surface area (Å²) in [5.74, 6) is 0.284. The molecule has 1 aliphatic carbocycles. The Morgan fingerprint density at radius 3 is 2.61 bits per heavy atom. The second-order valence-electron chi connectivity index (χ2n) is 4.83. The second kappa shape index (κ2) is 5.78. The van der Waals surface area contributed by atoms with Crippen LogP contribution in [0.2, 0.25) is 0 Å². The zero-order valence-electron chi connectivity index (χ0n) is 11.0. The fourth-order valence-corrected chi connectivity index (χ4v) is 2.32. The van der Waals surface area contributed by atoms with Gasteiger partial charge in [0.25, 0.3) is 0 Å². The molecule has 0 amide bonds. The molecule has 0 radical (unpaired) electrons. The van der Waals surface area contributed by atoms with Crippen LogP contribution in [0.5, 0.6) is 0 Å². The Hall–Kier alpha value is -1.67. The minimum Gasteiger partial charge on any atom is -0.302 e. The highest BCUT2D eigenvalue weighted by Crippen LogP contribution is 2.25. The number of hydrogen-bond acceptors (Lipinski definition) is 2. The van der Waals surface area contributed by atoms with Crippen molar-refractivity contribution in [3.05, 3.63) is 53.6 Å². The second-order valence-corrected chi connectivity index (χ2v) is 4.83. The Balaban J connectivity index is 2.12. The van der Waals surface area contributed by atoms with Crippen molar-refractivity contribution in [2.24, 2.45) is 0 Å². The van der Waals surface area contributed by atoms with Gasteiger partial charge in [-0.2, -0.15) is 0 Å². The number of carbonyl (C=O) groups excluding carboxylic acids is 1. The van der Waals surface area contributed by atoms with Crippen LogP contribution in [-0.2, 0) is 4.79 Å². The maximum Gasteiger partial charge on any atom is 0.160 e. The first kappa shape index (κ1) is 12.8. The van der Waals surface area contributed by atoms with Crippen LogP contribution in [-0.4, -0.2) is 30.8 Å². The van der Waals surface area contributed by atoms with Crippen LogP contribution in [0.15, 0.2) is 48.1 Å². The molecule has 0 bridgehead atoms. The molecule has 2 nitrogen and oxygen atoms in total. The van der Waals surface area contributed by atoms with E-state index in [1.54, 1.807) is 0 Å². The normalized spacial score (nSPS) is 22.5. The molecule has 1 aromatic rings. The Morgan fingerprint density at radius 1 is 1.22 bits per heavy atom. The Morgan fingerprint density at radius 2 is 1.94 bits per heavy atom. The van der Waals surface area contributed by atoms with Gasteiger partial charge in [-0.15, -0.1) is 0 Å². The first-order valence-electron chi connectivity index (χ1n) is 6.31. The minimum absolute atomic E-state index is 0.276. The predicted molar refractivity (Wildman–Crippen MR) is 75.3 cm³/mol. The van der Waals surface area contributed by atoms with Crippen molar-refractivity contribution in [1.29, 1.82) is 0 Å². The van der Waals surface area contributed by atoms with Crippen molar-refractivity contribution < 1.29 is 4.79 Å². The van der Waals surface area contributed by atoms with Crippen molar-refractivity contribution in [2.75, 3.05) is 14.1 Å². The van der Waals surface area contributed by atoms with Gasteiger partial charge in [-0.1, -0.05) is 48.6 Å². The maximum absolute atomic E-state index is 11.8. The summed E-state index contributed by atoms with van der Waals surface area (Å²) in [6.07, 6.45) is 7.59. The van der Waals surface area contributed by atoms with Gasteiger partial charge in [0, 0.05) is 18.0 Å². The molecule has 0 N–H and O–H groups in total. The monoisotopic (exact) mass is 241 g/mol. The van der Waals surface area contributed by atoms with Crippen molar-refractivity contribution in [3.8, 4) is 0 Å². The highest BCUT2D eigenvalue weighted by molar-refractivity contribution is 5.99. The van der Waals surface area contributed by atoms with E-state index in [4.69, 9.17) is 0 Å². The van der Waals surface area contributed by atoms with Crippen molar-refractivity contribution in [1.82, 2.24) is 4.90 Å². The molecule has 2 heteroatoms. The van der Waals surface area contributed by atoms with E-state index in [0.29, 0.717) is 6.42 Å². The van der Waals surface area contributed by atoms with Gasteiger partial charge in [-0.3, -0.25) is 4.79 Å². The molecule has 94 valence electrons. The van der Waals surface area contributed by atoms with E-state index >= 15 is 0 Å². The molecular formula is C16H19NO. The molecule has 0 saturated heterocycles. The van der Waals surface area contributed by atoms with Crippen LogP contribution in [0.1, 0.15) is 18.4 Å². The van der Waals surface area contributed by atoms with E-state index in [1.165, 1.54) is 0 Å². The van der Waals surface area contributed by atoms with Crippen LogP contribution >= 0.6 is 0 Å². The van der Waals surface area contributed by atoms with Gasteiger partial charge in [-0.05, 0) is 26.1 Å². The SMILES string of the molecule is CN(C)C1CCC(=O)C1=CC=Cc1ccccc1. The standard InChI is InChI=1S/C16H19NO/c1-17(2)15-11-12-16(18)14(15)10-6-9-13-7-4-3-5-8-13/h3-10,15H,11-12H2,1-2H3. The molecule has 0 aliphatic heterocycles. The molecule has 0 heterocycles. The lowest BCUT2D eigenvalue weighted by Crippen LogP contribution is -2.27. The van der Waals surface area contributed by atoms with Gasteiger partial charge in [0.2, 0.25) is 0 Å². The van der Waals surface area contributed by atoms with Crippen LogP contribution in [0, 0.1) is 0 Å². The van der Waals surface area contributed by atoms with Gasteiger partial charge in [0.1, 0.15) is 0 Å². The van der Waals surface area contributed by atoms with Crippen molar-refractivity contribution >= 4 is 11.9 Å². The fourth-order valence-electron chi connectivity index (χ4n) is 2.32. The van der Waals surface area contributed by atoms with E-state index in [2.05, 4.69) is 17.0 Å². The summed E-state index contributed by atoms with van der Waals surface area (Å²) >= 11 is 0. The van der Waals surface area contributed by atoms with E-state index in [-0.39, 0.29) is 11.8 Å². The van der Waals surface area contributed by atoms with Gasteiger partial charge in [0.05, 0.1) is 0 Å². The summed E-state index contributed by atoms with van der Waals surface area (Å²) in [5, 5.41) is 0. The topological polar surface area (TPSA) is 20.3 Å². The van der Waals surface area contributed by atoms with Gasteiger partial charge < -0.3 is 4.90 Å². The summed E-state index contributed by atoms with van der Waals surface area (Å²) in [5.41, 5.74) is 2.09. The predicted octanol–water partition coefficient (Wildman–Crippen LogP) is 2.92. The quantitative estimate of drug-likeness (QED) is 0.758. The zero-order valence-corrected chi connectivity index (χ0v) is 11.0. The van der Waals surface area contributed by atoms with E-state index in [9.17, 15) is 4.79 Å². The molecule has 1 aromatic carbocycles. The third-order valence-corrected chi connectivity index (χ3v) is 3.31. The highest BCUT2D eigenvalue weighted by atomic mass is 16.1. The number of rotatable bonds is 3. The maximum atomic E-state index is 11.8. The third kappa shape index (κ3) is 2.96. The summed E-state index contributed by atoms with van der Waals surface area (Å²) in [6, 6.07) is 10.4. The largest absolute Gasteiger partial charge is 0.302 e. The molecule has 1 atom stereocenters. The molecule has 2 rings (SSSR count). The highest BCUT2D eigenvalue weighted by Gasteiger charge is 2.29. The number of hydrogen-bond donors (Lipinski definition) is 0. The lowest BCUT2D eigenvalue weighted by molar-refractivity contribution is -0.114. The van der Waals surface area contributed by atoms with E-state index < -0.39 is 0 Å². The molecule has 1 fully saturated rings. The number of benzene rings is 1. The average Bonchev–Trinajstić information content (AvgIpc) is 2.73. The fraction of sp³-hybridized carbons (Fsp3) is 0.312. The summed E-state index contributed by atoms with van der Waals surface area (Å²) in [6.45, 7) is 0. The number of carbonyl (C=O) groups is 1. The molecule has 1 unspecified atom stereocenters. The van der Waals surface area contributed by atoms with Crippen LogP contribution in [0.3, 0.4) is 0 Å². The lowest BCUT2D eigenvalue weighted by atomic mass is 10.1. The zero-order chi connectivity index (χ0) is 13.0. The average molecular weight is 241 g/mol. The van der Waals surface area contributed by atoms with Gasteiger partial charge in [0.15, 0.2) is 5.78 Å². The van der Waals surface area contributed by atoms with Gasteiger partial charge >= 0.3 is 0 Å². The number of likely N-dealkylation sites (N-methyl/N-ethyl adjacent to an activating group) is 1. The Bertz CT molecular complexity index is 471. The molecule has 18 heavy (non-hydrogen) atoms. The third-order valence-electron chi connectivity index (χ3n) is 3.31. The number of nitrogens with zero attached hydrogens (tertiary/aromatic N) is 1. The van der Waals surface area contributed by atoms with Gasteiger partial charge in [-0.25, -0.2) is 0 Å². The molecule has 0 spiro atoms. The first-order chi connectivity index (χ1) is 8.68. The summed E-state index contributed by atoms with van der Waals surface area (Å²) < 4.78 is 0. The summed E-state index contributed by atoms with van der Waals surface area (Å²) in [7, 11) is 4.05. The van der Waals surface area contributed by atoms with Crippen molar-refractivity contribution in [3.63, 3.8) is 0 Å². The van der Waals surface area contributed by atoms with E-state index in [1.807, 2.05) is 50.5 Å². The van der Waals surface area contributed by atoms with Crippen molar-refractivity contribution in [2.45, 2.75) is 18.9 Å². The number of ketones is 1. The van der Waals surface area contributed by atoms with Crippen LogP contribution in [0.4, 0.5) is 0 Å². The molecule has 1 saturated carbocycles. The minimum atomic E-state index is 0.276. The number of allylic oxidation sites excluding steroid dienone is 2. The Kier molecular flexibility index (Phi) is 4.11. The Labute approximate surface area is 109 Å². The number of Topliss-reactive ketones (excluding diaryl/α,β-unsaturated/α-hetero) is 1. The molecule has 0 aromatic heterocycles. The molecular weight excluding hydrogens is 222 g/mol. The van der Waals surface area contributed by atoms with Crippen LogP contribution in [0.25, 0.3) is 6.08 Å². The first-order valence-corrected chi connectivity index (χ1v) is 6.31. The summed E-state index contributed by atoms with van der Waals surface area (Å²) in [4.78, 5) is 13.9. The molecule has 1 aliphatic rings. The lowest BCUT2D eigenvalue weighted by Gasteiger charge is -2.19.